The normalized spacial score (nSPS) is 12.3. The number of fused-ring (bicyclic) bond motifs is 1. The van der Waals surface area contributed by atoms with Crippen molar-refractivity contribution in [2.45, 2.75) is 38.6 Å². The largest absolute Gasteiger partial charge is 0.356 e. The highest BCUT2D eigenvalue weighted by atomic mass is 15.3. The molecule has 2 heterocycles. The highest BCUT2D eigenvalue weighted by Crippen LogP contribution is 2.30. The van der Waals surface area contributed by atoms with Gasteiger partial charge in [-0.25, -0.2) is 0 Å². The molecule has 0 fully saturated rings. The molecular formula is C21H28N6. The van der Waals surface area contributed by atoms with E-state index in [0.717, 1.165) is 36.8 Å². The molecule has 0 radical (unpaired) electrons. The van der Waals surface area contributed by atoms with E-state index in [1.165, 1.54) is 5.56 Å². The summed E-state index contributed by atoms with van der Waals surface area (Å²) < 4.78 is 1.98. The van der Waals surface area contributed by atoms with Crippen molar-refractivity contribution in [3.8, 4) is 0 Å². The maximum absolute atomic E-state index is 4.37. The lowest BCUT2D eigenvalue weighted by Gasteiger charge is -2.33. The molecule has 0 aliphatic carbocycles. The molecule has 0 unspecified atom stereocenters. The molecule has 0 aliphatic heterocycles. The summed E-state index contributed by atoms with van der Waals surface area (Å²) >= 11 is 0. The second-order valence-electron chi connectivity index (χ2n) is 6.68. The monoisotopic (exact) mass is 364 g/mol. The van der Waals surface area contributed by atoms with Crippen LogP contribution in [-0.2, 0) is 12.0 Å². The van der Waals surface area contributed by atoms with Gasteiger partial charge < -0.3 is 10.6 Å². The summed E-state index contributed by atoms with van der Waals surface area (Å²) in [4.78, 5) is 4.37. The van der Waals surface area contributed by atoms with Crippen molar-refractivity contribution in [1.82, 2.24) is 25.2 Å². The van der Waals surface area contributed by atoms with Gasteiger partial charge in [0.15, 0.2) is 17.4 Å². The van der Waals surface area contributed by atoms with Crippen molar-refractivity contribution < 1.29 is 0 Å². The average Bonchev–Trinajstić information content (AvgIpc) is 3.15. The quantitative estimate of drug-likeness (QED) is 0.499. The molecule has 6 nitrogen and oxygen atoms in total. The van der Waals surface area contributed by atoms with E-state index < -0.39 is 0 Å². The Morgan fingerprint density at radius 1 is 1.00 bits per heavy atom. The molecular weight excluding hydrogens is 336 g/mol. The number of aliphatic imine (C=N–C) groups is 1. The molecule has 0 aliphatic rings. The third kappa shape index (κ3) is 4.10. The lowest BCUT2D eigenvalue weighted by atomic mass is 9.76. The zero-order chi connectivity index (χ0) is 19.1. The van der Waals surface area contributed by atoms with Gasteiger partial charge in [-0.3, -0.25) is 9.39 Å². The average molecular weight is 364 g/mol. The molecule has 0 saturated carbocycles. The number of nitrogens with one attached hydrogen (secondary N) is 2. The van der Waals surface area contributed by atoms with Crippen molar-refractivity contribution in [2.24, 2.45) is 4.99 Å². The Morgan fingerprint density at radius 3 is 2.44 bits per heavy atom. The fourth-order valence-corrected chi connectivity index (χ4v) is 3.45. The lowest BCUT2D eigenvalue weighted by molar-refractivity contribution is 0.389. The molecule has 1 aromatic carbocycles. The number of pyridine rings is 1. The summed E-state index contributed by atoms with van der Waals surface area (Å²) in [5.41, 5.74) is 2.29. The van der Waals surface area contributed by atoms with Gasteiger partial charge in [0.2, 0.25) is 0 Å². The maximum Gasteiger partial charge on any atom is 0.191 e. The second-order valence-corrected chi connectivity index (χ2v) is 6.68. The zero-order valence-corrected chi connectivity index (χ0v) is 16.3. The number of hydrogen-bond donors (Lipinski definition) is 2. The highest BCUT2D eigenvalue weighted by Gasteiger charge is 2.28. The third-order valence-electron chi connectivity index (χ3n) is 5.36. The van der Waals surface area contributed by atoms with E-state index in [-0.39, 0.29) is 5.41 Å². The van der Waals surface area contributed by atoms with E-state index >= 15 is 0 Å². The minimum Gasteiger partial charge on any atom is -0.356 e. The number of hydrogen-bond acceptors (Lipinski definition) is 3. The van der Waals surface area contributed by atoms with Crippen LogP contribution >= 0.6 is 0 Å². The van der Waals surface area contributed by atoms with Gasteiger partial charge >= 0.3 is 0 Å². The van der Waals surface area contributed by atoms with Gasteiger partial charge in [0, 0.05) is 25.2 Å². The Balaban J connectivity index is 1.66. The summed E-state index contributed by atoms with van der Waals surface area (Å²) in [6.45, 7) is 5.87. The van der Waals surface area contributed by atoms with Crippen LogP contribution in [0.4, 0.5) is 0 Å². The molecule has 6 heteroatoms. The van der Waals surface area contributed by atoms with Gasteiger partial charge in [0.05, 0.1) is 6.54 Å². The van der Waals surface area contributed by atoms with Crippen LogP contribution in [0.25, 0.3) is 5.65 Å². The fourth-order valence-electron chi connectivity index (χ4n) is 3.45. The smallest absolute Gasteiger partial charge is 0.191 e. The Hall–Kier alpha value is -2.89. The minimum atomic E-state index is 0.0838. The second kappa shape index (κ2) is 8.66. The van der Waals surface area contributed by atoms with Gasteiger partial charge in [-0.2, -0.15) is 0 Å². The summed E-state index contributed by atoms with van der Waals surface area (Å²) in [6, 6.07) is 16.6. The van der Waals surface area contributed by atoms with E-state index in [9.17, 15) is 0 Å². The van der Waals surface area contributed by atoms with E-state index in [4.69, 9.17) is 0 Å². The number of benzene rings is 1. The van der Waals surface area contributed by atoms with Gasteiger partial charge in [-0.05, 0) is 30.5 Å². The molecule has 0 spiro atoms. The highest BCUT2D eigenvalue weighted by molar-refractivity contribution is 5.79. The first kappa shape index (κ1) is 18.9. The first-order valence-corrected chi connectivity index (χ1v) is 9.51. The molecule has 0 saturated heterocycles. The Morgan fingerprint density at radius 2 is 1.74 bits per heavy atom. The molecule has 142 valence electrons. The zero-order valence-electron chi connectivity index (χ0n) is 16.3. The fraction of sp³-hybridized carbons (Fsp3) is 0.381. The molecule has 0 amide bonds. The van der Waals surface area contributed by atoms with Crippen molar-refractivity contribution in [1.29, 1.82) is 0 Å². The topological polar surface area (TPSA) is 66.6 Å². The first-order valence-electron chi connectivity index (χ1n) is 9.51. The van der Waals surface area contributed by atoms with Crippen molar-refractivity contribution >= 4 is 11.6 Å². The molecule has 2 aromatic heterocycles. The van der Waals surface area contributed by atoms with Crippen molar-refractivity contribution in [2.75, 3.05) is 13.6 Å². The summed E-state index contributed by atoms with van der Waals surface area (Å²) in [7, 11) is 1.79. The van der Waals surface area contributed by atoms with Crippen LogP contribution in [0.1, 0.15) is 38.1 Å². The molecule has 2 N–H and O–H groups in total. The predicted molar refractivity (Wildman–Crippen MR) is 110 cm³/mol. The molecule has 0 atom stereocenters. The Kier molecular flexibility index (Phi) is 6.06. The third-order valence-corrected chi connectivity index (χ3v) is 5.36. The van der Waals surface area contributed by atoms with Gasteiger partial charge in [0.1, 0.15) is 0 Å². The van der Waals surface area contributed by atoms with Crippen LogP contribution < -0.4 is 10.6 Å². The van der Waals surface area contributed by atoms with Crippen LogP contribution in [0, 0.1) is 0 Å². The lowest BCUT2D eigenvalue weighted by Crippen LogP contribution is -2.45. The van der Waals surface area contributed by atoms with E-state index in [2.05, 4.69) is 70.0 Å². The van der Waals surface area contributed by atoms with Gasteiger partial charge in [0.25, 0.3) is 0 Å². The number of rotatable bonds is 7. The molecule has 0 bridgehead atoms. The first-order chi connectivity index (χ1) is 13.2. The number of nitrogens with zero attached hydrogens (tertiary/aromatic N) is 4. The predicted octanol–water partition coefficient (Wildman–Crippen LogP) is 3.15. The standard InChI is InChI=1S/C21H28N6/c1-4-21(5-2,17-11-7-6-8-12-17)16-24-20(22-3)23-15-19-26-25-18-13-9-10-14-27(18)19/h6-14H,4-5,15-16H2,1-3H3,(H2,22,23,24). The van der Waals surface area contributed by atoms with Crippen molar-refractivity contribution in [3.63, 3.8) is 0 Å². The molecule has 27 heavy (non-hydrogen) atoms. The van der Waals surface area contributed by atoms with Crippen LogP contribution in [0.3, 0.4) is 0 Å². The van der Waals surface area contributed by atoms with Gasteiger partial charge in [-0.15, -0.1) is 10.2 Å². The Labute approximate surface area is 160 Å². The van der Waals surface area contributed by atoms with Crippen LogP contribution in [0.5, 0.6) is 0 Å². The van der Waals surface area contributed by atoms with Crippen LogP contribution in [0.15, 0.2) is 59.7 Å². The minimum absolute atomic E-state index is 0.0838. The summed E-state index contributed by atoms with van der Waals surface area (Å²) in [5, 5.41) is 15.3. The van der Waals surface area contributed by atoms with Gasteiger partial charge in [-0.1, -0.05) is 50.2 Å². The van der Waals surface area contributed by atoms with E-state index in [0.29, 0.717) is 6.54 Å². The molecule has 3 aromatic rings. The number of guanidine groups is 1. The van der Waals surface area contributed by atoms with Crippen LogP contribution in [0.2, 0.25) is 0 Å². The van der Waals surface area contributed by atoms with Crippen molar-refractivity contribution in [3.05, 3.63) is 66.1 Å². The van der Waals surface area contributed by atoms with Crippen LogP contribution in [-0.4, -0.2) is 34.2 Å². The summed E-state index contributed by atoms with van der Waals surface area (Å²) in [5.74, 6) is 1.62. The van der Waals surface area contributed by atoms with E-state index in [1.807, 2.05) is 28.8 Å². The SMILES string of the molecule is CCC(CC)(CNC(=NC)NCc1nnc2ccccn12)c1ccccc1. The molecule has 3 rings (SSSR count). The maximum atomic E-state index is 4.37. The van der Waals surface area contributed by atoms with E-state index in [1.54, 1.807) is 7.05 Å². The number of aromatic nitrogens is 3. The summed E-state index contributed by atoms with van der Waals surface area (Å²) in [6.07, 6.45) is 4.09. The Bertz CT molecular complexity index is 880.